The van der Waals surface area contributed by atoms with Crippen molar-refractivity contribution in [2.45, 2.75) is 63.9 Å². The summed E-state index contributed by atoms with van der Waals surface area (Å²) in [6.45, 7) is 7.14. The molecule has 2 aliphatic heterocycles. The second kappa shape index (κ2) is 7.01. The van der Waals surface area contributed by atoms with Gasteiger partial charge < -0.3 is 18.9 Å². The van der Waals surface area contributed by atoms with Crippen molar-refractivity contribution in [3.05, 3.63) is 17.8 Å². The summed E-state index contributed by atoms with van der Waals surface area (Å²) in [6, 6.07) is 0. The number of fused-ring (bicyclic) bond motifs is 2. The largest absolute Gasteiger partial charge is 0.379 e. The summed E-state index contributed by atoms with van der Waals surface area (Å²) in [5, 5.41) is 0.309. The number of unbranched alkanes of at least 4 members (excludes halogenated alkanes) is 1. The molecule has 0 aromatic carbocycles. The van der Waals surface area contributed by atoms with Gasteiger partial charge in [0.05, 0.1) is 12.9 Å². The smallest absolute Gasteiger partial charge is 0.174 e. The van der Waals surface area contributed by atoms with Crippen LogP contribution in [0, 0.1) is 0 Å². The molecule has 0 bridgehead atoms. The van der Waals surface area contributed by atoms with Crippen LogP contribution >= 0.6 is 11.6 Å². The zero-order valence-corrected chi connectivity index (χ0v) is 15.8. The maximum absolute atomic E-state index is 6.38. The SMILES string of the molecule is CCCCOC[C@H]1O[C@@](C)(n2cnc3c(Cl)ncnc32)[C@@H]2OC(C)O[C@@H]21. The number of rotatable bonds is 6. The van der Waals surface area contributed by atoms with Gasteiger partial charge >= 0.3 is 0 Å². The molecule has 26 heavy (non-hydrogen) atoms. The van der Waals surface area contributed by atoms with E-state index in [1.807, 2.05) is 18.4 Å². The van der Waals surface area contributed by atoms with Gasteiger partial charge in [-0.3, -0.25) is 4.57 Å². The Labute approximate surface area is 156 Å². The first kappa shape index (κ1) is 18.1. The lowest BCUT2D eigenvalue weighted by atomic mass is 10.0. The predicted octanol–water partition coefficient (Wildman–Crippen LogP) is 2.50. The molecule has 9 heteroatoms. The first-order chi connectivity index (χ1) is 12.5. The summed E-state index contributed by atoms with van der Waals surface area (Å²) in [7, 11) is 0. The molecule has 0 aliphatic carbocycles. The normalized spacial score (nSPS) is 33.8. The standard InChI is InChI=1S/C17H23ClN4O4/c1-4-5-6-23-7-11-13-14(25-10(2)24-13)17(3,26-11)22-9-21-12-15(18)19-8-20-16(12)22/h8-11,13-14H,4-7H2,1-3H3/t10?,11-,13-,14-,17-/m1/s1. The lowest BCUT2D eigenvalue weighted by molar-refractivity contribution is -0.191. The van der Waals surface area contributed by atoms with Gasteiger partial charge in [-0.1, -0.05) is 24.9 Å². The van der Waals surface area contributed by atoms with Crippen molar-refractivity contribution in [3.63, 3.8) is 0 Å². The van der Waals surface area contributed by atoms with E-state index in [-0.39, 0.29) is 24.6 Å². The van der Waals surface area contributed by atoms with Gasteiger partial charge in [-0.2, -0.15) is 0 Å². The molecule has 8 nitrogen and oxygen atoms in total. The summed E-state index contributed by atoms with van der Waals surface area (Å²) in [5.74, 6) is 0. The Morgan fingerprint density at radius 3 is 2.96 bits per heavy atom. The molecule has 2 aromatic heterocycles. The molecule has 5 atom stereocenters. The molecular weight excluding hydrogens is 360 g/mol. The minimum Gasteiger partial charge on any atom is -0.379 e. The average molecular weight is 383 g/mol. The van der Waals surface area contributed by atoms with Crippen molar-refractivity contribution < 1.29 is 18.9 Å². The molecule has 142 valence electrons. The topological polar surface area (TPSA) is 80.5 Å². The van der Waals surface area contributed by atoms with Crippen LogP contribution < -0.4 is 0 Å². The number of nitrogens with zero attached hydrogens (tertiary/aromatic N) is 4. The zero-order valence-electron chi connectivity index (χ0n) is 15.1. The van der Waals surface area contributed by atoms with Crippen LogP contribution in [0.1, 0.15) is 33.6 Å². The summed E-state index contributed by atoms with van der Waals surface area (Å²) < 4.78 is 26.0. The van der Waals surface area contributed by atoms with Crippen molar-refractivity contribution in [1.29, 1.82) is 0 Å². The van der Waals surface area contributed by atoms with Crippen LogP contribution in [0.3, 0.4) is 0 Å². The molecule has 0 spiro atoms. The Kier molecular flexibility index (Phi) is 4.87. The molecule has 4 rings (SSSR count). The summed E-state index contributed by atoms with van der Waals surface area (Å²) in [4.78, 5) is 12.7. The van der Waals surface area contributed by atoms with E-state index in [0.717, 1.165) is 12.8 Å². The van der Waals surface area contributed by atoms with Gasteiger partial charge in [-0.05, 0) is 20.3 Å². The van der Waals surface area contributed by atoms with E-state index < -0.39 is 5.72 Å². The fourth-order valence-corrected chi connectivity index (χ4v) is 3.84. The van der Waals surface area contributed by atoms with E-state index in [9.17, 15) is 0 Å². The number of hydrogen-bond donors (Lipinski definition) is 0. The Morgan fingerprint density at radius 2 is 2.15 bits per heavy atom. The first-order valence-electron chi connectivity index (χ1n) is 8.95. The molecule has 2 saturated heterocycles. The van der Waals surface area contributed by atoms with Gasteiger partial charge in [0.15, 0.2) is 22.8 Å². The van der Waals surface area contributed by atoms with E-state index in [1.54, 1.807) is 6.33 Å². The van der Waals surface area contributed by atoms with Crippen molar-refractivity contribution >= 4 is 22.8 Å². The molecule has 4 heterocycles. The van der Waals surface area contributed by atoms with Crippen LogP contribution in [0.15, 0.2) is 12.7 Å². The Morgan fingerprint density at radius 1 is 1.31 bits per heavy atom. The highest BCUT2D eigenvalue weighted by molar-refractivity contribution is 6.33. The quantitative estimate of drug-likeness (QED) is 0.560. The van der Waals surface area contributed by atoms with Gasteiger partial charge in [-0.15, -0.1) is 0 Å². The summed E-state index contributed by atoms with van der Waals surface area (Å²) in [6.07, 6.45) is 4.13. The van der Waals surface area contributed by atoms with Gasteiger partial charge in [-0.25, -0.2) is 15.0 Å². The third kappa shape index (κ3) is 2.90. The fourth-order valence-electron chi connectivity index (χ4n) is 3.66. The van der Waals surface area contributed by atoms with Gasteiger partial charge in [0.25, 0.3) is 0 Å². The molecule has 0 saturated carbocycles. The fraction of sp³-hybridized carbons (Fsp3) is 0.706. The van der Waals surface area contributed by atoms with Crippen molar-refractivity contribution in [2.75, 3.05) is 13.2 Å². The van der Waals surface area contributed by atoms with Gasteiger partial charge in [0.2, 0.25) is 0 Å². The van der Waals surface area contributed by atoms with Crippen molar-refractivity contribution in [3.8, 4) is 0 Å². The van der Waals surface area contributed by atoms with E-state index in [4.69, 9.17) is 30.5 Å². The molecular formula is C17H23ClN4O4. The van der Waals surface area contributed by atoms with E-state index in [2.05, 4.69) is 21.9 Å². The third-order valence-electron chi connectivity index (χ3n) is 4.96. The highest BCUT2D eigenvalue weighted by atomic mass is 35.5. The van der Waals surface area contributed by atoms with Gasteiger partial charge in [0, 0.05) is 6.61 Å². The molecule has 2 aliphatic rings. The highest BCUT2D eigenvalue weighted by Gasteiger charge is 2.59. The second-order valence-corrected chi connectivity index (χ2v) is 7.17. The van der Waals surface area contributed by atoms with Crippen LogP contribution in [0.4, 0.5) is 0 Å². The van der Waals surface area contributed by atoms with Crippen LogP contribution in [0.2, 0.25) is 5.15 Å². The Balaban J connectivity index is 1.64. The van der Waals surface area contributed by atoms with E-state index in [0.29, 0.717) is 29.5 Å². The number of imidazole rings is 1. The van der Waals surface area contributed by atoms with E-state index in [1.165, 1.54) is 6.33 Å². The highest BCUT2D eigenvalue weighted by Crippen LogP contribution is 2.44. The van der Waals surface area contributed by atoms with E-state index >= 15 is 0 Å². The number of hydrogen-bond acceptors (Lipinski definition) is 7. The summed E-state index contributed by atoms with van der Waals surface area (Å²) >= 11 is 6.14. The molecule has 0 radical (unpaired) electrons. The number of aromatic nitrogens is 4. The van der Waals surface area contributed by atoms with Crippen LogP contribution in [-0.4, -0.2) is 57.3 Å². The van der Waals surface area contributed by atoms with Crippen molar-refractivity contribution in [1.82, 2.24) is 19.5 Å². The molecule has 2 fully saturated rings. The number of halogens is 1. The van der Waals surface area contributed by atoms with Crippen LogP contribution in [0.5, 0.6) is 0 Å². The lowest BCUT2D eigenvalue weighted by Gasteiger charge is -2.31. The third-order valence-corrected chi connectivity index (χ3v) is 5.24. The first-order valence-corrected chi connectivity index (χ1v) is 9.33. The van der Waals surface area contributed by atoms with Crippen LogP contribution in [0.25, 0.3) is 11.2 Å². The lowest BCUT2D eigenvalue weighted by Crippen LogP contribution is -2.42. The molecule has 2 aromatic rings. The molecule has 1 unspecified atom stereocenters. The molecule has 0 N–H and O–H groups in total. The number of ether oxygens (including phenoxy) is 4. The minimum atomic E-state index is -0.833. The molecule has 0 amide bonds. The second-order valence-electron chi connectivity index (χ2n) is 6.82. The Hall–Kier alpha value is -1.32. The monoisotopic (exact) mass is 382 g/mol. The minimum absolute atomic E-state index is 0.216. The van der Waals surface area contributed by atoms with Crippen molar-refractivity contribution in [2.24, 2.45) is 0 Å². The van der Waals surface area contributed by atoms with Crippen LogP contribution in [-0.2, 0) is 24.7 Å². The zero-order chi connectivity index (χ0) is 18.3. The maximum atomic E-state index is 6.38. The summed E-state index contributed by atoms with van der Waals surface area (Å²) in [5.41, 5.74) is 0.299. The van der Waals surface area contributed by atoms with Gasteiger partial charge in [0.1, 0.15) is 30.2 Å². The predicted molar refractivity (Wildman–Crippen MR) is 93.8 cm³/mol. The maximum Gasteiger partial charge on any atom is 0.174 e. The Bertz CT molecular complexity index is 787. The average Bonchev–Trinajstić information content (AvgIpc) is 3.28.